The van der Waals surface area contributed by atoms with Crippen LogP contribution in [0.3, 0.4) is 0 Å². The van der Waals surface area contributed by atoms with Crippen LogP contribution in [0.25, 0.3) is 0 Å². The zero-order valence-electron chi connectivity index (χ0n) is 13.0. The lowest BCUT2D eigenvalue weighted by atomic mass is 10.0. The summed E-state index contributed by atoms with van der Waals surface area (Å²) in [6, 6.07) is 0.626. The van der Waals surface area contributed by atoms with Gasteiger partial charge in [0.25, 0.3) is 0 Å². The van der Waals surface area contributed by atoms with E-state index in [9.17, 15) is 0 Å². The average Bonchev–Trinajstić information content (AvgIpc) is 2.75. The van der Waals surface area contributed by atoms with Gasteiger partial charge < -0.3 is 5.32 Å². The maximum atomic E-state index is 6.41. The Morgan fingerprint density at radius 1 is 1.40 bits per heavy atom. The number of hydrogen-bond donors (Lipinski definition) is 1. The predicted octanol–water partition coefficient (Wildman–Crippen LogP) is 2.83. The van der Waals surface area contributed by atoms with Crippen molar-refractivity contribution < 1.29 is 0 Å². The molecule has 1 atom stereocenters. The Morgan fingerprint density at radius 3 is 2.80 bits per heavy atom. The van der Waals surface area contributed by atoms with Gasteiger partial charge in [-0.15, -0.1) is 0 Å². The van der Waals surface area contributed by atoms with Gasteiger partial charge in [-0.05, 0) is 39.8 Å². The molecule has 2 rings (SSSR count). The van der Waals surface area contributed by atoms with Crippen molar-refractivity contribution in [3.8, 4) is 0 Å². The largest absolute Gasteiger partial charge is 0.313 e. The van der Waals surface area contributed by atoms with E-state index in [1.165, 1.54) is 19.3 Å². The van der Waals surface area contributed by atoms with Gasteiger partial charge >= 0.3 is 0 Å². The first-order valence-electron chi connectivity index (χ1n) is 7.83. The van der Waals surface area contributed by atoms with Gasteiger partial charge in [-0.25, -0.2) is 0 Å². The summed E-state index contributed by atoms with van der Waals surface area (Å²) in [4.78, 5) is 2.47. The molecule has 1 N–H and O–H groups in total. The monoisotopic (exact) mass is 298 g/mol. The molecule has 0 bridgehead atoms. The standard InChI is InChI=1S/C15H27ClN4/c1-4-19(10-13-8-6-7-9-17-13)11-14-15(16)12(3)18-20(14)5-2/h13,17H,4-11H2,1-3H3. The Morgan fingerprint density at radius 2 is 2.20 bits per heavy atom. The quantitative estimate of drug-likeness (QED) is 0.877. The molecule has 1 saturated heterocycles. The second kappa shape index (κ2) is 7.43. The summed E-state index contributed by atoms with van der Waals surface area (Å²) < 4.78 is 2.04. The number of likely N-dealkylation sites (N-methyl/N-ethyl adjacent to an activating group) is 1. The zero-order chi connectivity index (χ0) is 14.5. The van der Waals surface area contributed by atoms with Crippen LogP contribution in [-0.4, -0.2) is 40.4 Å². The van der Waals surface area contributed by atoms with Gasteiger partial charge in [-0.3, -0.25) is 9.58 Å². The Labute approximate surface area is 127 Å². The van der Waals surface area contributed by atoms with Crippen molar-refractivity contribution >= 4 is 11.6 Å². The van der Waals surface area contributed by atoms with Crippen LogP contribution >= 0.6 is 11.6 Å². The van der Waals surface area contributed by atoms with Crippen LogP contribution in [0.15, 0.2) is 0 Å². The first-order valence-corrected chi connectivity index (χ1v) is 8.21. The molecule has 1 aromatic heterocycles. The molecule has 114 valence electrons. The summed E-state index contributed by atoms with van der Waals surface area (Å²) in [5.41, 5.74) is 2.10. The number of aryl methyl sites for hydroxylation is 2. The molecule has 4 nitrogen and oxygen atoms in total. The van der Waals surface area contributed by atoms with Gasteiger partial charge in [0.05, 0.1) is 16.4 Å². The summed E-state index contributed by atoms with van der Waals surface area (Å²) in [5, 5.41) is 8.96. The van der Waals surface area contributed by atoms with Crippen molar-refractivity contribution in [3.05, 3.63) is 16.4 Å². The zero-order valence-corrected chi connectivity index (χ0v) is 13.7. The summed E-state index contributed by atoms with van der Waals surface area (Å²) in [5.74, 6) is 0. The molecular formula is C15H27ClN4. The normalized spacial score (nSPS) is 19.8. The van der Waals surface area contributed by atoms with E-state index in [-0.39, 0.29) is 0 Å². The first kappa shape index (κ1) is 15.8. The molecule has 0 aromatic carbocycles. The first-order chi connectivity index (χ1) is 9.65. The minimum atomic E-state index is 0.626. The minimum Gasteiger partial charge on any atom is -0.313 e. The molecule has 0 saturated carbocycles. The summed E-state index contributed by atoms with van der Waals surface area (Å²) in [6.07, 6.45) is 3.95. The number of nitrogens with zero attached hydrogens (tertiary/aromatic N) is 3. The van der Waals surface area contributed by atoms with Crippen LogP contribution in [0, 0.1) is 6.92 Å². The smallest absolute Gasteiger partial charge is 0.0860 e. The Kier molecular flexibility index (Phi) is 5.87. The molecule has 0 amide bonds. The van der Waals surface area contributed by atoms with E-state index in [0.717, 1.165) is 49.1 Å². The molecular weight excluding hydrogens is 272 g/mol. The molecule has 5 heteroatoms. The van der Waals surface area contributed by atoms with Gasteiger partial charge in [0.2, 0.25) is 0 Å². The van der Waals surface area contributed by atoms with E-state index in [4.69, 9.17) is 11.6 Å². The molecule has 1 aromatic rings. The van der Waals surface area contributed by atoms with Crippen molar-refractivity contribution in [1.82, 2.24) is 20.0 Å². The highest BCUT2D eigenvalue weighted by Gasteiger charge is 2.19. The Bertz CT molecular complexity index is 424. The van der Waals surface area contributed by atoms with E-state index >= 15 is 0 Å². The molecule has 2 heterocycles. The fourth-order valence-corrected chi connectivity index (χ4v) is 3.12. The van der Waals surface area contributed by atoms with Crippen LogP contribution in [-0.2, 0) is 13.1 Å². The van der Waals surface area contributed by atoms with Crippen LogP contribution < -0.4 is 5.32 Å². The maximum absolute atomic E-state index is 6.41. The molecule has 1 fully saturated rings. The van der Waals surface area contributed by atoms with E-state index in [1.54, 1.807) is 0 Å². The fourth-order valence-electron chi connectivity index (χ4n) is 2.93. The molecule has 1 aliphatic rings. The van der Waals surface area contributed by atoms with E-state index in [0.29, 0.717) is 6.04 Å². The molecule has 1 aliphatic heterocycles. The predicted molar refractivity (Wildman–Crippen MR) is 84.2 cm³/mol. The van der Waals surface area contributed by atoms with Crippen molar-refractivity contribution in [2.75, 3.05) is 19.6 Å². The maximum Gasteiger partial charge on any atom is 0.0860 e. The summed E-state index contributed by atoms with van der Waals surface area (Å²) in [7, 11) is 0. The summed E-state index contributed by atoms with van der Waals surface area (Å²) >= 11 is 6.41. The minimum absolute atomic E-state index is 0.626. The van der Waals surface area contributed by atoms with Crippen molar-refractivity contribution in [2.24, 2.45) is 0 Å². The second-order valence-corrected chi connectivity index (χ2v) is 6.01. The molecule has 0 spiro atoms. The Hall–Kier alpha value is -0.580. The van der Waals surface area contributed by atoms with E-state index in [1.807, 2.05) is 11.6 Å². The highest BCUT2D eigenvalue weighted by atomic mass is 35.5. The van der Waals surface area contributed by atoms with E-state index < -0.39 is 0 Å². The van der Waals surface area contributed by atoms with Crippen molar-refractivity contribution in [1.29, 1.82) is 0 Å². The lowest BCUT2D eigenvalue weighted by Gasteiger charge is -2.30. The van der Waals surface area contributed by atoms with Crippen LogP contribution in [0.4, 0.5) is 0 Å². The number of rotatable bonds is 6. The van der Waals surface area contributed by atoms with Gasteiger partial charge in [0.15, 0.2) is 0 Å². The highest BCUT2D eigenvalue weighted by Crippen LogP contribution is 2.22. The van der Waals surface area contributed by atoms with Gasteiger partial charge in [-0.1, -0.05) is 24.9 Å². The van der Waals surface area contributed by atoms with E-state index in [2.05, 4.69) is 29.2 Å². The molecule has 0 aliphatic carbocycles. The van der Waals surface area contributed by atoms with Crippen LogP contribution in [0.1, 0.15) is 44.5 Å². The number of nitrogens with one attached hydrogen (secondary N) is 1. The van der Waals surface area contributed by atoms with Gasteiger partial charge in [-0.2, -0.15) is 5.10 Å². The van der Waals surface area contributed by atoms with Gasteiger partial charge in [0, 0.05) is 25.7 Å². The topological polar surface area (TPSA) is 33.1 Å². The number of hydrogen-bond acceptors (Lipinski definition) is 3. The van der Waals surface area contributed by atoms with Gasteiger partial charge in [0.1, 0.15) is 0 Å². The molecule has 0 radical (unpaired) electrons. The lowest BCUT2D eigenvalue weighted by Crippen LogP contribution is -2.43. The molecule has 20 heavy (non-hydrogen) atoms. The Balaban J connectivity index is 2.02. The number of piperidine rings is 1. The third-order valence-electron chi connectivity index (χ3n) is 4.16. The third-order valence-corrected chi connectivity index (χ3v) is 4.66. The average molecular weight is 299 g/mol. The number of aromatic nitrogens is 2. The lowest BCUT2D eigenvalue weighted by molar-refractivity contribution is 0.221. The molecule has 1 unspecified atom stereocenters. The van der Waals surface area contributed by atoms with Crippen molar-refractivity contribution in [2.45, 2.75) is 59.2 Å². The highest BCUT2D eigenvalue weighted by molar-refractivity contribution is 6.31. The van der Waals surface area contributed by atoms with Crippen LogP contribution in [0.5, 0.6) is 0 Å². The SMILES string of the molecule is CCN(Cc1c(Cl)c(C)nn1CC)CC1CCCCN1. The third kappa shape index (κ3) is 3.74. The number of halogens is 1. The second-order valence-electron chi connectivity index (χ2n) is 5.64. The summed E-state index contributed by atoms with van der Waals surface area (Å²) in [6.45, 7) is 11.4. The fraction of sp³-hybridized carbons (Fsp3) is 0.800. The van der Waals surface area contributed by atoms with Crippen LogP contribution in [0.2, 0.25) is 5.02 Å². The van der Waals surface area contributed by atoms with Crippen molar-refractivity contribution in [3.63, 3.8) is 0 Å².